The minimum Gasteiger partial charge on any atom is -0.481 e. The van der Waals surface area contributed by atoms with Crippen LogP contribution in [0.3, 0.4) is 0 Å². The number of nitrogens with one attached hydrogen (secondary N) is 1. The maximum Gasteiger partial charge on any atom is 0.305 e. The third-order valence-electron chi connectivity index (χ3n) is 4.16. The molecule has 1 aromatic rings. The summed E-state index contributed by atoms with van der Waals surface area (Å²) < 4.78 is 0. The summed E-state index contributed by atoms with van der Waals surface area (Å²) in [6.07, 6.45) is 2.44. The second-order valence-electron chi connectivity index (χ2n) is 6.95. The lowest BCUT2D eigenvalue weighted by molar-refractivity contribution is -0.139. The molecule has 0 heterocycles. The normalized spacial score (nSPS) is 16.9. The number of carboxylic acids is 1. The Kier molecular flexibility index (Phi) is 4.08. The van der Waals surface area contributed by atoms with Gasteiger partial charge in [-0.15, -0.1) is 0 Å². The van der Waals surface area contributed by atoms with Gasteiger partial charge < -0.3 is 10.4 Å². The Morgan fingerprint density at radius 2 is 1.86 bits per heavy atom. The van der Waals surface area contributed by atoms with Crippen molar-refractivity contribution in [2.24, 2.45) is 0 Å². The zero-order valence-electron chi connectivity index (χ0n) is 12.9. The molecule has 1 aromatic carbocycles. The molecule has 1 fully saturated rings. The first-order chi connectivity index (χ1) is 9.73. The standard InChI is InChI=1S/C17H23NO3/c1-16(2,3)13-8-5-4-7-12(13)15(21)18-17(9-6-10-17)11-14(19)20/h4-5,7-8H,6,9-11H2,1-3H3,(H,18,21)(H,19,20). The quantitative estimate of drug-likeness (QED) is 0.895. The van der Waals surface area contributed by atoms with Gasteiger partial charge >= 0.3 is 5.97 Å². The molecule has 0 unspecified atom stereocenters. The average Bonchev–Trinajstić information content (AvgIpc) is 2.34. The van der Waals surface area contributed by atoms with E-state index in [1.807, 2.05) is 24.3 Å². The van der Waals surface area contributed by atoms with Gasteiger partial charge in [0.05, 0.1) is 12.0 Å². The Bertz CT molecular complexity index is 553. The number of hydrogen-bond acceptors (Lipinski definition) is 2. The van der Waals surface area contributed by atoms with Gasteiger partial charge in [0.1, 0.15) is 0 Å². The van der Waals surface area contributed by atoms with Crippen molar-refractivity contribution in [2.75, 3.05) is 0 Å². The maximum atomic E-state index is 12.6. The van der Waals surface area contributed by atoms with Crippen LogP contribution in [0.15, 0.2) is 24.3 Å². The largest absolute Gasteiger partial charge is 0.481 e. The number of benzene rings is 1. The Morgan fingerprint density at radius 3 is 2.33 bits per heavy atom. The first kappa shape index (κ1) is 15.5. The highest BCUT2D eigenvalue weighted by atomic mass is 16.4. The summed E-state index contributed by atoms with van der Waals surface area (Å²) in [6.45, 7) is 6.19. The second-order valence-corrected chi connectivity index (χ2v) is 6.95. The molecular weight excluding hydrogens is 266 g/mol. The van der Waals surface area contributed by atoms with Gasteiger partial charge in [0.2, 0.25) is 0 Å². The van der Waals surface area contributed by atoms with E-state index >= 15 is 0 Å². The predicted molar refractivity (Wildman–Crippen MR) is 81.4 cm³/mol. The highest BCUT2D eigenvalue weighted by molar-refractivity contribution is 5.96. The number of rotatable bonds is 4. The van der Waals surface area contributed by atoms with Crippen molar-refractivity contribution >= 4 is 11.9 Å². The molecule has 21 heavy (non-hydrogen) atoms. The SMILES string of the molecule is CC(C)(C)c1ccccc1C(=O)NC1(CC(=O)O)CCC1. The van der Waals surface area contributed by atoms with E-state index in [9.17, 15) is 9.59 Å². The molecule has 1 saturated carbocycles. The number of carbonyl (C=O) groups excluding carboxylic acids is 1. The van der Waals surface area contributed by atoms with Crippen molar-refractivity contribution in [1.29, 1.82) is 0 Å². The molecule has 1 amide bonds. The van der Waals surface area contributed by atoms with E-state index in [1.54, 1.807) is 0 Å². The minimum atomic E-state index is -0.862. The lowest BCUT2D eigenvalue weighted by atomic mass is 9.74. The van der Waals surface area contributed by atoms with Gasteiger partial charge in [-0.1, -0.05) is 39.0 Å². The number of amides is 1. The Labute approximate surface area is 125 Å². The van der Waals surface area contributed by atoms with Crippen molar-refractivity contribution in [1.82, 2.24) is 5.32 Å². The van der Waals surface area contributed by atoms with Crippen LogP contribution in [0.5, 0.6) is 0 Å². The zero-order valence-corrected chi connectivity index (χ0v) is 12.9. The van der Waals surface area contributed by atoms with Crippen LogP contribution in [0.25, 0.3) is 0 Å². The molecule has 114 valence electrons. The summed E-state index contributed by atoms with van der Waals surface area (Å²) in [5, 5.41) is 12.0. The Hall–Kier alpha value is -1.84. The Morgan fingerprint density at radius 1 is 1.24 bits per heavy atom. The molecule has 0 aliphatic heterocycles. The maximum absolute atomic E-state index is 12.6. The fourth-order valence-corrected chi connectivity index (χ4v) is 2.88. The van der Waals surface area contributed by atoms with Gasteiger partial charge in [-0.25, -0.2) is 0 Å². The molecule has 4 nitrogen and oxygen atoms in total. The van der Waals surface area contributed by atoms with Crippen molar-refractivity contribution in [3.63, 3.8) is 0 Å². The lowest BCUT2D eigenvalue weighted by Gasteiger charge is -2.41. The van der Waals surface area contributed by atoms with Crippen LogP contribution < -0.4 is 5.32 Å². The zero-order chi connectivity index (χ0) is 15.7. The second kappa shape index (κ2) is 5.51. The fourth-order valence-electron chi connectivity index (χ4n) is 2.88. The topological polar surface area (TPSA) is 66.4 Å². The van der Waals surface area contributed by atoms with E-state index in [0.717, 1.165) is 24.8 Å². The number of aliphatic carboxylic acids is 1. The van der Waals surface area contributed by atoms with Crippen LogP contribution >= 0.6 is 0 Å². The lowest BCUT2D eigenvalue weighted by Crippen LogP contribution is -2.54. The molecule has 1 aliphatic rings. The van der Waals surface area contributed by atoms with Crippen LogP contribution in [0.1, 0.15) is 62.4 Å². The third kappa shape index (κ3) is 3.43. The van der Waals surface area contributed by atoms with E-state index in [4.69, 9.17) is 5.11 Å². The van der Waals surface area contributed by atoms with Gasteiger partial charge in [-0.2, -0.15) is 0 Å². The van der Waals surface area contributed by atoms with Gasteiger partial charge in [0, 0.05) is 5.56 Å². The first-order valence-electron chi connectivity index (χ1n) is 7.37. The molecule has 0 bridgehead atoms. The molecule has 0 aromatic heterocycles. The van der Waals surface area contributed by atoms with Crippen LogP contribution in [0.2, 0.25) is 0 Å². The molecule has 0 spiro atoms. The van der Waals surface area contributed by atoms with E-state index < -0.39 is 11.5 Å². The molecule has 4 heteroatoms. The first-order valence-corrected chi connectivity index (χ1v) is 7.37. The minimum absolute atomic E-state index is 0.00355. The molecule has 0 radical (unpaired) electrons. The van der Waals surface area contributed by atoms with E-state index in [-0.39, 0.29) is 17.7 Å². The highest BCUT2D eigenvalue weighted by Gasteiger charge is 2.40. The predicted octanol–water partition coefficient (Wildman–Crippen LogP) is 3.11. The summed E-state index contributed by atoms with van der Waals surface area (Å²) in [4.78, 5) is 23.6. The molecule has 2 rings (SSSR count). The summed E-state index contributed by atoms with van der Waals surface area (Å²) in [6, 6.07) is 7.53. The van der Waals surface area contributed by atoms with Crippen molar-refractivity contribution < 1.29 is 14.7 Å². The smallest absolute Gasteiger partial charge is 0.305 e. The number of carbonyl (C=O) groups is 2. The van der Waals surface area contributed by atoms with Gasteiger partial charge in [-0.3, -0.25) is 9.59 Å². The molecule has 2 N–H and O–H groups in total. The average molecular weight is 289 g/mol. The van der Waals surface area contributed by atoms with Crippen molar-refractivity contribution in [3.8, 4) is 0 Å². The fraction of sp³-hybridized carbons (Fsp3) is 0.529. The molecule has 0 saturated heterocycles. The van der Waals surface area contributed by atoms with Crippen LogP contribution in [-0.4, -0.2) is 22.5 Å². The highest BCUT2D eigenvalue weighted by Crippen LogP contribution is 2.35. The summed E-state index contributed by atoms with van der Waals surface area (Å²) >= 11 is 0. The van der Waals surface area contributed by atoms with Gasteiger partial charge in [0.15, 0.2) is 0 Å². The van der Waals surface area contributed by atoms with Gasteiger partial charge in [-0.05, 0) is 36.3 Å². The van der Waals surface area contributed by atoms with Crippen LogP contribution in [0.4, 0.5) is 0 Å². The molecule has 0 atom stereocenters. The summed E-state index contributed by atoms with van der Waals surface area (Å²) in [5.74, 6) is -1.03. The summed E-state index contributed by atoms with van der Waals surface area (Å²) in [5.41, 5.74) is 0.926. The van der Waals surface area contributed by atoms with Crippen LogP contribution in [0, 0.1) is 0 Å². The molecule has 1 aliphatic carbocycles. The van der Waals surface area contributed by atoms with Gasteiger partial charge in [0.25, 0.3) is 5.91 Å². The number of hydrogen-bond donors (Lipinski definition) is 2. The van der Waals surface area contributed by atoms with Crippen molar-refractivity contribution in [2.45, 2.75) is 57.4 Å². The number of carboxylic acid groups (broad SMARTS) is 1. The monoisotopic (exact) mass is 289 g/mol. The third-order valence-corrected chi connectivity index (χ3v) is 4.16. The van der Waals surface area contributed by atoms with Crippen LogP contribution in [-0.2, 0) is 10.2 Å². The van der Waals surface area contributed by atoms with E-state index in [2.05, 4.69) is 26.1 Å². The summed E-state index contributed by atoms with van der Waals surface area (Å²) in [7, 11) is 0. The van der Waals surface area contributed by atoms with E-state index in [1.165, 1.54) is 0 Å². The molecular formula is C17H23NO3. The van der Waals surface area contributed by atoms with Crippen molar-refractivity contribution in [3.05, 3.63) is 35.4 Å². The Balaban J connectivity index is 2.23. The van der Waals surface area contributed by atoms with E-state index in [0.29, 0.717) is 5.56 Å².